The van der Waals surface area contributed by atoms with Crippen LogP contribution in [0.4, 0.5) is 30.8 Å². The minimum Gasteiger partial charge on any atom is -0.403 e. The lowest BCUT2D eigenvalue weighted by molar-refractivity contribution is -0.141. The number of benzene rings is 2. The van der Waals surface area contributed by atoms with Crippen molar-refractivity contribution in [1.82, 2.24) is 25.1 Å². The Balaban J connectivity index is 1.29. The number of nitrogens with zero attached hydrogens (tertiary/aromatic N) is 6. The molecule has 0 saturated carbocycles. The van der Waals surface area contributed by atoms with Crippen molar-refractivity contribution in [1.29, 1.82) is 0 Å². The van der Waals surface area contributed by atoms with Gasteiger partial charge in [0.15, 0.2) is 0 Å². The van der Waals surface area contributed by atoms with Gasteiger partial charge >= 0.3 is 17.8 Å². The van der Waals surface area contributed by atoms with Crippen LogP contribution in [0, 0.1) is 0 Å². The zero-order valence-corrected chi connectivity index (χ0v) is 21.9. The van der Waals surface area contributed by atoms with E-state index < -0.39 is 17.4 Å². The summed E-state index contributed by atoms with van der Waals surface area (Å²) in [5.41, 5.74) is 0.295. The number of para-hydroxylation sites is 1. The Bertz CT molecular complexity index is 1830. The Morgan fingerprint density at radius 3 is 2.36 bits per heavy atom. The molecule has 7 rings (SSSR count). The number of alkyl halides is 3. The molecule has 212 valence electrons. The van der Waals surface area contributed by atoms with Gasteiger partial charge in [0.1, 0.15) is 11.5 Å². The zero-order chi connectivity index (χ0) is 28.8. The third kappa shape index (κ3) is 4.71. The number of morpholine rings is 1. The molecule has 2 unspecified atom stereocenters. The zero-order valence-electron chi connectivity index (χ0n) is 21.9. The normalized spacial score (nSPS) is 18.4. The second kappa shape index (κ2) is 10.2. The number of anilines is 3. The fourth-order valence-corrected chi connectivity index (χ4v) is 5.48. The van der Waals surface area contributed by atoms with Gasteiger partial charge in [0.2, 0.25) is 5.82 Å². The van der Waals surface area contributed by atoms with Crippen LogP contribution in [-0.2, 0) is 10.9 Å². The highest BCUT2D eigenvalue weighted by atomic mass is 19.4. The molecule has 2 aliphatic heterocycles. The summed E-state index contributed by atoms with van der Waals surface area (Å²) in [5.74, 6) is -0.116. The summed E-state index contributed by atoms with van der Waals surface area (Å²) in [7, 11) is 0. The van der Waals surface area contributed by atoms with E-state index in [2.05, 4.69) is 30.5 Å². The quantitative estimate of drug-likeness (QED) is 0.299. The van der Waals surface area contributed by atoms with E-state index in [-0.39, 0.29) is 41.2 Å². The van der Waals surface area contributed by atoms with E-state index in [0.717, 1.165) is 24.5 Å². The predicted molar refractivity (Wildman–Crippen MR) is 147 cm³/mol. The fraction of sp³-hybridized carbons (Fsp3) is 0.241. The van der Waals surface area contributed by atoms with Gasteiger partial charge in [-0.1, -0.05) is 53.6 Å². The molecule has 1 N–H and O–H groups in total. The number of pyridine rings is 1. The Hall–Kier alpha value is -4.91. The van der Waals surface area contributed by atoms with Crippen LogP contribution in [0.15, 0.2) is 75.9 Å². The summed E-state index contributed by atoms with van der Waals surface area (Å²) < 4.78 is 52.4. The number of nitrogens with one attached hydrogen (secondary N) is 1. The number of fused-ring (bicyclic) bond motifs is 3. The molecule has 2 fully saturated rings. The van der Waals surface area contributed by atoms with E-state index in [1.165, 1.54) is 6.07 Å². The lowest BCUT2D eigenvalue weighted by Gasteiger charge is -2.36. The highest BCUT2D eigenvalue weighted by Crippen LogP contribution is 2.40. The molecule has 10 nitrogen and oxygen atoms in total. The van der Waals surface area contributed by atoms with E-state index >= 15 is 0 Å². The maximum Gasteiger partial charge on any atom is 0.433 e. The van der Waals surface area contributed by atoms with Crippen molar-refractivity contribution in [3.63, 3.8) is 0 Å². The smallest absolute Gasteiger partial charge is 0.403 e. The Morgan fingerprint density at radius 1 is 0.857 bits per heavy atom. The molecule has 2 bridgehead atoms. The van der Waals surface area contributed by atoms with Crippen molar-refractivity contribution >= 4 is 28.6 Å². The monoisotopic (exact) mass is 573 g/mol. The summed E-state index contributed by atoms with van der Waals surface area (Å²) in [6.07, 6.45) is -3.09. The molecule has 5 aromatic rings. The molecule has 42 heavy (non-hydrogen) atoms. The summed E-state index contributed by atoms with van der Waals surface area (Å²) >= 11 is 0. The third-order valence-electron chi connectivity index (χ3n) is 7.39. The number of halogens is 3. The largest absolute Gasteiger partial charge is 0.433 e. The number of ether oxygens (including phenoxy) is 1. The fourth-order valence-electron chi connectivity index (χ4n) is 5.48. The molecule has 0 radical (unpaired) electrons. The van der Waals surface area contributed by atoms with Crippen LogP contribution in [0.25, 0.3) is 33.6 Å². The van der Waals surface area contributed by atoms with Crippen LogP contribution in [-0.4, -0.2) is 50.4 Å². The van der Waals surface area contributed by atoms with Crippen LogP contribution < -0.4 is 15.8 Å². The van der Waals surface area contributed by atoms with Gasteiger partial charge in [0.05, 0.1) is 42.1 Å². The SMILES string of the molecule is O=c1nc2ccccc2c(-c2ccccc2)nc1Nc1nnc(-c2ccc(C(F)(F)F)nc2N2C3CCC2COC3)o1. The first-order chi connectivity index (χ1) is 20.3. The molecule has 0 aliphatic carbocycles. The Kier molecular flexibility index (Phi) is 6.30. The average Bonchev–Trinajstić information content (AvgIpc) is 3.51. The van der Waals surface area contributed by atoms with Gasteiger partial charge in [-0.2, -0.15) is 13.2 Å². The van der Waals surface area contributed by atoms with Gasteiger partial charge < -0.3 is 14.1 Å². The first-order valence-electron chi connectivity index (χ1n) is 13.3. The summed E-state index contributed by atoms with van der Waals surface area (Å²) in [5, 5.41) is 11.5. The van der Waals surface area contributed by atoms with Gasteiger partial charge in [0.25, 0.3) is 5.89 Å². The number of rotatable bonds is 5. The molecule has 0 amide bonds. The van der Waals surface area contributed by atoms with Crippen molar-refractivity contribution in [2.24, 2.45) is 0 Å². The van der Waals surface area contributed by atoms with E-state index in [4.69, 9.17) is 9.15 Å². The highest BCUT2D eigenvalue weighted by molar-refractivity contribution is 5.92. The molecule has 13 heteroatoms. The molecule has 2 saturated heterocycles. The van der Waals surface area contributed by atoms with Gasteiger partial charge in [-0.15, -0.1) is 5.10 Å². The molecular formula is C29H22F3N7O3. The lowest BCUT2D eigenvalue weighted by atomic mass is 10.1. The lowest BCUT2D eigenvalue weighted by Crippen LogP contribution is -2.46. The van der Waals surface area contributed by atoms with E-state index in [1.54, 1.807) is 12.1 Å². The molecule has 5 heterocycles. The number of hydrogen-bond acceptors (Lipinski definition) is 10. The standard InChI is InChI=1S/C29H22F3N7O3/c30-29(31,32)22-13-12-20(25(34-22)39-17-10-11-18(39)15-41-14-17)27-37-38-28(42-27)36-24-26(40)33-21-9-5-4-8-19(21)23(35-24)16-6-2-1-3-7-16/h1-9,12-13,17-18H,10-11,14-15H2,(H,33,35,36,38,40). The minimum atomic E-state index is -4.63. The van der Waals surface area contributed by atoms with Gasteiger partial charge in [-0.25, -0.2) is 15.0 Å². The minimum absolute atomic E-state index is 0.0613. The highest BCUT2D eigenvalue weighted by Gasteiger charge is 2.41. The summed E-state index contributed by atoms with van der Waals surface area (Å²) in [6, 6.07) is 18.2. The second-order valence-corrected chi connectivity index (χ2v) is 10.0. The average molecular weight is 574 g/mol. The number of hydrogen-bond donors (Lipinski definition) is 1. The first-order valence-corrected chi connectivity index (χ1v) is 13.3. The van der Waals surface area contributed by atoms with Crippen LogP contribution in [0.2, 0.25) is 0 Å². The van der Waals surface area contributed by atoms with Crippen molar-refractivity contribution in [3.8, 4) is 22.7 Å². The molecular weight excluding hydrogens is 551 g/mol. The van der Waals surface area contributed by atoms with Gasteiger partial charge in [-0.3, -0.25) is 10.1 Å². The topological polar surface area (TPSA) is 119 Å². The summed E-state index contributed by atoms with van der Waals surface area (Å²) in [4.78, 5) is 27.8. The first kappa shape index (κ1) is 26.0. The van der Waals surface area contributed by atoms with E-state index in [1.807, 2.05) is 47.4 Å². The van der Waals surface area contributed by atoms with Crippen LogP contribution >= 0.6 is 0 Å². The summed E-state index contributed by atoms with van der Waals surface area (Å²) in [6.45, 7) is 0.775. The molecule has 2 aromatic carbocycles. The van der Waals surface area contributed by atoms with Crippen LogP contribution in [0.5, 0.6) is 0 Å². The van der Waals surface area contributed by atoms with E-state index in [0.29, 0.717) is 29.8 Å². The number of aromatic nitrogens is 5. The maximum atomic E-state index is 13.6. The van der Waals surface area contributed by atoms with Crippen LogP contribution in [0.1, 0.15) is 18.5 Å². The van der Waals surface area contributed by atoms with Crippen molar-refractivity contribution in [2.45, 2.75) is 31.1 Å². The Labute approximate surface area is 236 Å². The molecule has 0 spiro atoms. The van der Waals surface area contributed by atoms with Crippen molar-refractivity contribution in [3.05, 3.63) is 82.8 Å². The maximum absolute atomic E-state index is 13.6. The van der Waals surface area contributed by atoms with Gasteiger partial charge in [-0.05, 0) is 31.0 Å². The molecule has 3 aromatic heterocycles. The van der Waals surface area contributed by atoms with Crippen LogP contribution in [0.3, 0.4) is 0 Å². The second-order valence-electron chi connectivity index (χ2n) is 10.0. The molecule has 2 atom stereocenters. The molecule has 2 aliphatic rings. The van der Waals surface area contributed by atoms with Gasteiger partial charge in [0, 0.05) is 10.9 Å². The third-order valence-corrected chi connectivity index (χ3v) is 7.39. The van der Waals surface area contributed by atoms with E-state index in [9.17, 15) is 18.0 Å². The van der Waals surface area contributed by atoms with Crippen molar-refractivity contribution < 1.29 is 22.3 Å². The van der Waals surface area contributed by atoms with Crippen molar-refractivity contribution in [2.75, 3.05) is 23.4 Å². The predicted octanol–water partition coefficient (Wildman–Crippen LogP) is 5.23. The Morgan fingerprint density at radius 2 is 1.60 bits per heavy atom.